The van der Waals surface area contributed by atoms with Crippen LogP contribution in [0.25, 0.3) is 16.7 Å². The van der Waals surface area contributed by atoms with Gasteiger partial charge in [-0.2, -0.15) is 5.10 Å². The highest BCUT2D eigenvalue weighted by atomic mass is 16.2. The minimum Gasteiger partial charge on any atom is -0.357 e. The van der Waals surface area contributed by atoms with Gasteiger partial charge in [-0.15, -0.1) is 0 Å². The second kappa shape index (κ2) is 6.68. The Morgan fingerprint density at radius 2 is 1.88 bits per heavy atom. The van der Waals surface area contributed by atoms with Crippen LogP contribution in [-0.2, 0) is 0 Å². The van der Waals surface area contributed by atoms with Gasteiger partial charge in [-0.3, -0.25) is 9.36 Å². The van der Waals surface area contributed by atoms with E-state index in [9.17, 15) is 4.79 Å². The van der Waals surface area contributed by atoms with Crippen molar-refractivity contribution in [2.45, 2.75) is 6.92 Å². The van der Waals surface area contributed by atoms with Gasteiger partial charge in [-0.05, 0) is 48.9 Å². The molecule has 4 rings (SSSR count). The molecular formula is C20H17N5O. The van der Waals surface area contributed by atoms with E-state index in [0.717, 1.165) is 28.0 Å². The van der Waals surface area contributed by atoms with Gasteiger partial charge in [0.15, 0.2) is 0 Å². The SMILES string of the molecule is C/C(=N/NC(=O)c1ccc[nH]1)c1ccc(-n2cnc3ccccc32)cc1. The maximum absolute atomic E-state index is 11.9. The zero-order valence-electron chi connectivity index (χ0n) is 14.2. The smallest absolute Gasteiger partial charge is 0.287 e. The van der Waals surface area contributed by atoms with E-state index in [1.54, 1.807) is 18.3 Å². The van der Waals surface area contributed by atoms with Gasteiger partial charge >= 0.3 is 0 Å². The molecule has 6 heteroatoms. The van der Waals surface area contributed by atoms with E-state index in [2.05, 4.69) is 20.5 Å². The molecule has 0 radical (unpaired) electrons. The number of carbonyl (C=O) groups is 1. The van der Waals surface area contributed by atoms with Gasteiger partial charge in [0, 0.05) is 11.9 Å². The first-order valence-corrected chi connectivity index (χ1v) is 8.23. The molecule has 2 N–H and O–H groups in total. The first-order chi connectivity index (χ1) is 12.7. The highest BCUT2D eigenvalue weighted by Gasteiger charge is 2.06. The zero-order valence-corrected chi connectivity index (χ0v) is 14.2. The van der Waals surface area contributed by atoms with Crippen LogP contribution in [0.2, 0.25) is 0 Å². The Hall–Kier alpha value is -3.67. The number of rotatable bonds is 4. The Morgan fingerprint density at radius 3 is 2.65 bits per heavy atom. The molecule has 0 saturated heterocycles. The van der Waals surface area contributed by atoms with E-state index in [-0.39, 0.29) is 5.91 Å². The van der Waals surface area contributed by atoms with Crippen LogP contribution >= 0.6 is 0 Å². The molecule has 0 saturated carbocycles. The standard InChI is InChI=1S/C20H17N5O/c1-14(23-24-20(26)18-6-4-12-21-18)15-8-10-16(11-9-15)25-13-22-17-5-2-3-7-19(17)25/h2-13,21H,1H3,(H,24,26)/b23-14-. The van der Waals surface area contributed by atoms with E-state index in [0.29, 0.717) is 5.69 Å². The van der Waals surface area contributed by atoms with Gasteiger partial charge in [0.25, 0.3) is 5.91 Å². The molecule has 0 unspecified atom stereocenters. The van der Waals surface area contributed by atoms with Crippen LogP contribution in [0.3, 0.4) is 0 Å². The van der Waals surface area contributed by atoms with E-state index >= 15 is 0 Å². The molecule has 2 aromatic heterocycles. The first-order valence-electron chi connectivity index (χ1n) is 8.23. The lowest BCUT2D eigenvalue weighted by molar-refractivity contribution is 0.0950. The van der Waals surface area contributed by atoms with Crippen molar-refractivity contribution in [1.82, 2.24) is 20.0 Å². The third-order valence-corrected chi connectivity index (χ3v) is 4.18. The minimum atomic E-state index is -0.268. The van der Waals surface area contributed by atoms with Crippen molar-refractivity contribution >= 4 is 22.7 Å². The molecule has 0 spiro atoms. The Labute approximate surface area is 150 Å². The van der Waals surface area contributed by atoms with Gasteiger partial charge < -0.3 is 4.98 Å². The summed E-state index contributed by atoms with van der Waals surface area (Å²) in [5, 5.41) is 4.17. The van der Waals surface area contributed by atoms with E-state index in [4.69, 9.17) is 0 Å². The van der Waals surface area contributed by atoms with E-state index in [1.165, 1.54) is 0 Å². The summed E-state index contributed by atoms with van der Waals surface area (Å²) in [7, 11) is 0. The molecule has 26 heavy (non-hydrogen) atoms. The Morgan fingerprint density at radius 1 is 1.08 bits per heavy atom. The largest absolute Gasteiger partial charge is 0.357 e. The second-order valence-corrected chi connectivity index (χ2v) is 5.87. The Bertz CT molecular complexity index is 1080. The van der Waals surface area contributed by atoms with E-state index in [1.807, 2.05) is 66.3 Å². The van der Waals surface area contributed by atoms with Crippen molar-refractivity contribution in [2.75, 3.05) is 0 Å². The quantitative estimate of drug-likeness (QED) is 0.439. The molecule has 128 valence electrons. The molecular weight excluding hydrogens is 326 g/mol. The molecule has 0 aliphatic heterocycles. The fraction of sp³-hybridized carbons (Fsp3) is 0.0500. The summed E-state index contributed by atoms with van der Waals surface area (Å²) in [5.41, 5.74) is 7.73. The van der Waals surface area contributed by atoms with Crippen molar-refractivity contribution < 1.29 is 4.79 Å². The highest BCUT2D eigenvalue weighted by Crippen LogP contribution is 2.18. The molecule has 0 aliphatic carbocycles. The number of hydrogen-bond acceptors (Lipinski definition) is 3. The van der Waals surface area contributed by atoms with Crippen molar-refractivity contribution in [2.24, 2.45) is 5.10 Å². The number of amides is 1. The summed E-state index contributed by atoms with van der Waals surface area (Å²) in [6, 6.07) is 19.4. The lowest BCUT2D eigenvalue weighted by atomic mass is 10.1. The fourth-order valence-electron chi connectivity index (χ4n) is 2.76. The lowest BCUT2D eigenvalue weighted by Gasteiger charge is -2.06. The monoisotopic (exact) mass is 343 g/mol. The summed E-state index contributed by atoms with van der Waals surface area (Å²) < 4.78 is 2.04. The maximum Gasteiger partial charge on any atom is 0.287 e. The number of imidazole rings is 1. The van der Waals surface area contributed by atoms with Crippen LogP contribution in [0.5, 0.6) is 0 Å². The van der Waals surface area contributed by atoms with Crippen molar-refractivity contribution in [3.05, 3.63) is 84.4 Å². The molecule has 0 atom stereocenters. The summed E-state index contributed by atoms with van der Waals surface area (Å²) in [4.78, 5) is 19.2. The normalized spacial score (nSPS) is 11.7. The van der Waals surface area contributed by atoms with Crippen molar-refractivity contribution in [1.29, 1.82) is 0 Å². The second-order valence-electron chi connectivity index (χ2n) is 5.87. The topological polar surface area (TPSA) is 75.1 Å². The third kappa shape index (κ3) is 3.00. The van der Waals surface area contributed by atoms with Gasteiger partial charge in [0.05, 0.1) is 16.7 Å². The minimum absolute atomic E-state index is 0.268. The van der Waals surface area contributed by atoms with Gasteiger partial charge in [0.2, 0.25) is 0 Å². The van der Waals surface area contributed by atoms with Crippen molar-refractivity contribution in [3.63, 3.8) is 0 Å². The molecule has 0 aliphatic rings. The first kappa shape index (κ1) is 15.8. The molecule has 2 aromatic carbocycles. The molecule has 4 aromatic rings. The van der Waals surface area contributed by atoms with Gasteiger partial charge in [-0.25, -0.2) is 10.4 Å². The van der Waals surface area contributed by atoms with E-state index < -0.39 is 0 Å². The predicted octanol–water partition coefficient (Wildman–Crippen LogP) is 3.51. The average Bonchev–Trinajstić information content (AvgIpc) is 3.36. The number of para-hydroxylation sites is 2. The Kier molecular flexibility index (Phi) is 4.07. The molecule has 1 amide bonds. The lowest BCUT2D eigenvalue weighted by Crippen LogP contribution is -2.19. The number of H-pyrrole nitrogens is 1. The van der Waals surface area contributed by atoms with Crippen molar-refractivity contribution in [3.8, 4) is 5.69 Å². The summed E-state index contributed by atoms with van der Waals surface area (Å²) in [6.07, 6.45) is 3.52. The molecule has 2 heterocycles. The molecule has 0 bridgehead atoms. The molecule has 6 nitrogen and oxygen atoms in total. The van der Waals surface area contributed by atoms with Crippen LogP contribution in [-0.4, -0.2) is 26.2 Å². The number of nitrogens with zero attached hydrogens (tertiary/aromatic N) is 3. The van der Waals surface area contributed by atoms with Crippen LogP contribution in [0.4, 0.5) is 0 Å². The van der Waals surface area contributed by atoms with Crippen LogP contribution < -0.4 is 5.43 Å². The van der Waals surface area contributed by atoms with Crippen LogP contribution in [0.15, 0.2) is 78.3 Å². The number of hydrogen-bond donors (Lipinski definition) is 2. The number of fused-ring (bicyclic) bond motifs is 1. The maximum atomic E-state index is 11.9. The average molecular weight is 343 g/mol. The molecule has 0 fully saturated rings. The van der Waals surface area contributed by atoms with Gasteiger partial charge in [-0.1, -0.05) is 24.3 Å². The highest BCUT2D eigenvalue weighted by molar-refractivity contribution is 6.00. The number of nitrogens with one attached hydrogen (secondary N) is 2. The number of aromatic nitrogens is 3. The number of benzene rings is 2. The zero-order chi connectivity index (χ0) is 17.9. The summed E-state index contributed by atoms with van der Waals surface area (Å²) in [6.45, 7) is 1.86. The van der Waals surface area contributed by atoms with Crippen LogP contribution in [0, 0.1) is 0 Å². The fourth-order valence-corrected chi connectivity index (χ4v) is 2.76. The summed E-state index contributed by atoms with van der Waals surface area (Å²) >= 11 is 0. The predicted molar refractivity (Wildman–Crippen MR) is 102 cm³/mol. The number of hydrazone groups is 1. The number of aromatic amines is 1. The van der Waals surface area contributed by atoms with Crippen LogP contribution in [0.1, 0.15) is 23.0 Å². The summed E-state index contributed by atoms with van der Waals surface area (Å²) in [5.74, 6) is -0.268. The Balaban J connectivity index is 1.54. The van der Waals surface area contributed by atoms with Gasteiger partial charge in [0.1, 0.15) is 12.0 Å². The number of carbonyl (C=O) groups excluding carboxylic acids is 1. The third-order valence-electron chi connectivity index (χ3n) is 4.18.